The molecule has 7 heteroatoms. The Bertz CT molecular complexity index is 864. The van der Waals surface area contributed by atoms with E-state index in [1.165, 1.54) is 6.07 Å². The minimum atomic E-state index is -3.71. The minimum Gasteiger partial charge on any atom is -0.497 e. The molecule has 0 saturated carbocycles. The first-order valence-electron chi connectivity index (χ1n) is 8.27. The second kappa shape index (κ2) is 8.42. The molecular formula is C19H25NO5S. The number of aryl methyl sites for hydroxylation is 1. The van der Waals surface area contributed by atoms with Crippen LogP contribution in [0.2, 0.25) is 0 Å². The van der Waals surface area contributed by atoms with Gasteiger partial charge in [0.1, 0.15) is 17.2 Å². The van der Waals surface area contributed by atoms with Gasteiger partial charge in [0, 0.05) is 11.6 Å². The first kappa shape index (κ1) is 20.1. The number of methoxy groups -OCH3 is 3. The van der Waals surface area contributed by atoms with Crippen molar-refractivity contribution < 1.29 is 22.6 Å². The van der Waals surface area contributed by atoms with Crippen molar-refractivity contribution in [3.63, 3.8) is 0 Å². The molecule has 142 valence electrons. The molecule has 2 aromatic rings. The van der Waals surface area contributed by atoms with E-state index in [0.717, 1.165) is 5.56 Å². The zero-order chi connectivity index (χ0) is 19.3. The quantitative estimate of drug-likeness (QED) is 0.762. The summed E-state index contributed by atoms with van der Waals surface area (Å²) in [6, 6.07) is 9.62. The van der Waals surface area contributed by atoms with Gasteiger partial charge in [0.05, 0.1) is 26.2 Å². The van der Waals surface area contributed by atoms with E-state index in [0.29, 0.717) is 29.2 Å². The third-order valence-electron chi connectivity index (χ3n) is 4.18. The highest BCUT2D eigenvalue weighted by atomic mass is 32.2. The molecule has 0 radical (unpaired) electrons. The van der Waals surface area contributed by atoms with Gasteiger partial charge < -0.3 is 14.2 Å². The molecule has 0 aliphatic carbocycles. The lowest BCUT2D eigenvalue weighted by Gasteiger charge is -2.19. The van der Waals surface area contributed by atoms with Gasteiger partial charge in [-0.25, -0.2) is 13.1 Å². The van der Waals surface area contributed by atoms with Gasteiger partial charge in [0.15, 0.2) is 0 Å². The number of hydrogen-bond donors (Lipinski definition) is 1. The van der Waals surface area contributed by atoms with Crippen molar-refractivity contribution in [2.24, 2.45) is 0 Å². The Kier molecular flexibility index (Phi) is 6.50. The van der Waals surface area contributed by atoms with Crippen LogP contribution in [0.5, 0.6) is 17.2 Å². The Morgan fingerprint density at radius 1 is 0.962 bits per heavy atom. The van der Waals surface area contributed by atoms with Crippen LogP contribution in [0.3, 0.4) is 0 Å². The van der Waals surface area contributed by atoms with Crippen LogP contribution in [0.15, 0.2) is 41.3 Å². The van der Waals surface area contributed by atoms with Gasteiger partial charge in [-0.05, 0) is 55.3 Å². The van der Waals surface area contributed by atoms with Gasteiger partial charge in [-0.1, -0.05) is 6.92 Å². The molecule has 0 spiro atoms. The van der Waals surface area contributed by atoms with E-state index in [4.69, 9.17) is 14.2 Å². The molecule has 0 heterocycles. The van der Waals surface area contributed by atoms with Crippen LogP contribution >= 0.6 is 0 Å². The molecule has 26 heavy (non-hydrogen) atoms. The predicted octanol–water partition coefficient (Wildman–Crippen LogP) is 3.31. The molecule has 6 nitrogen and oxygen atoms in total. The minimum absolute atomic E-state index is 0.198. The third-order valence-corrected chi connectivity index (χ3v) is 5.72. The van der Waals surface area contributed by atoms with Gasteiger partial charge in [0.2, 0.25) is 10.0 Å². The summed E-state index contributed by atoms with van der Waals surface area (Å²) in [5.74, 6) is 1.89. The lowest BCUT2D eigenvalue weighted by atomic mass is 10.1. The van der Waals surface area contributed by atoms with Crippen molar-refractivity contribution in [3.8, 4) is 17.2 Å². The van der Waals surface area contributed by atoms with Gasteiger partial charge in [-0.3, -0.25) is 0 Å². The molecule has 0 fully saturated rings. The van der Waals surface area contributed by atoms with Crippen LogP contribution in [0.1, 0.15) is 31.0 Å². The fourth-order valence-electron chi connectivity index (χ4n) is 2.74. The van der Waals surface area contributed by atoms with Crippen molar-refractivity contribution in [2.45, 2.75) is 31.2 Å². The Balaban J connectivity index is 2.35. The van der Waals surface area contributed by atoms with E-state index in [1.54, 1.807) is 58.6 Å². The fourth-order valence-corrected chi connectivity index (χ4v) is 4.01. The number of nitrogens with one attached hydrogen (secondary N) is 1. The lowest BCUT2D eigenvalue weighted by molar-refractivity contribution is 0.395. The third kappa shape index (κ3) is 4.28. The maximum absolute atomic E-state index is 12.8. The molecule has 0 unspecified atom stereocenters. The zero-order valence-corrected chi connectivity index (χ0v) is 16.5. The summed E-state index contributed by atoms with van der Waals surface area (Å²) in [5, 5.41) is 0. The Morgan fingerprint density at radius 3 is 2.19 bits per heavy atom. The van der Waals surface area contributed by atoms with Crippen LogP contribution < -0.4 is 18.9 Å². The molecule has 0 saturated heterocycles. The topological polar surface area (TPSA) is 73.9 Å². The molecule has 1 N–H and O–H groups in total. The van der Waals surface area contributed by atoms with E-state index in [-0.39, 0.29) is 4.90 Å². The summed E-state index contributed by atoms with van der Waals surface area (Å²) >= 11 is 0. The number of hydrogen-bond acceptors (Lipinski definition) is 5. The van der Waals surface area contributed by atoms with E-state index in [9.17, 15) is 8.42 Å². The smallest absolute Gasteiger partial charge is 0.241 e. The maximum atomic E-state index is 12.8. The monoisotopic (exact) mass is 379 g/mol. The molecule has 2 aromatic carbocycles. The highest BCUT2D eigenvalue weighted by Gasteiger charge is 2.22. The van der Waals surface area contributed by atoms with Crippen LogP contribution in [0.25, 0.3) is 0 Å². The normalized spacial score (nSPS) is 12.5. The van der Waals surface area contributed by atoms with E-state index < -0.39 is 16.1 Å². The second-order valence-corrected chi connectivity index (χ2v) is 7.49. The van der Waals surface area contributed by atoms with Crippen molar-refractivity contribution >= 4 is 10.0 Å². The van der Waals surface area contributed by atoms with Gasteiger partial charge in [-0.2, -0.15) is 0 Å². The second-order valence-electron chi connectivity index (χ2n) is 5.78. The molecule has 0 aromatic heterocycles. The maximum Gasteiger partial charge on any atom is 0.241 e. The summed E-state index contributed by atoms with van der Waals surface area (Å²) in [6.07, 6.45) is 0.672. The molecule has 2 rings (SSSR count). The number of sulfonamides is 1. The van der Waals surface area contributed by atoms with Gasteiger partial charge >= 0.3 is 0 Å². The number of benzene rings is 2. The SMILES string of the molecule is CCc1cc(S(=O)(=O)N[C@H](C)c2cc(OC)ccc2OC)ccc1OC. The fraction of sp³-hybridized carbons (Fsp3) is 0.368. The molecular weight excluding hydrogens is 354 g/mol. The number of rotatable bonds is 8. The van der Waals surface area contributed by atoms with Gasteiger partial charge in [-0.15, -0.1) is 0 Å². The molecule has 0 amide bonds. The van der Waals surface area contributed by atoms with Crippen molar-refractivity contribution in [3.05, 3.63) is 47.5 Å². The average Bonchev–Trinajstić information content (AvgIpc) is 2.66. The van der Waals surface area contributed by atoms with Gasteiger partial charge in [0.25, 0.3) is 0 Å². The molecule has 1 atom stereocenters. The lowest BCUT2D eigenvalue weighted by Crippen LogP contribution is -2.27. The van der Waals surface area contributed by atoms with Crippen molar-refractivity contribution in [1.29, 1.82) is 0 Å². The molecule has 0 aliphatic heterocycles. The van der Waals surface area contributed by atoms with Crippen LogP contribution in [-0.4, -0.2) is 29.7 Å². The van der Waals surface area contributed by atoms with Crippen LogP contribution in [-0.2, 0) is 16.4 Å². The largest absolute Gasteiger partial charge is 0.497 e. The molecule has 0 bridgehead atoms. The van der Waals surface area contributed by atoms with Crippen LogP contribution in [0.4, 0.5) is 0 Å². The Labute approximate surface area is 155 Å². The van der Waals surface area contributed by atoms with Crippen molar-refractivity contribution in [2.75, 3.05) is 21.3 Å². The standard InChI is InChI=1S/C19H25NO5S/c1-6-14-11-16(8-10-18(14)24-4)26(21,22)20-13(2)17-12-15(23-3)7-9-19(17)25-5/h7-13,20H,6H2,1-5H3/t13-/m1/s1. The Morgan fingerprint density at radius 2 is 1.62 bits per heavy atom. The summed E-state index contributed by atoms with van der Waals surface area (Å²) in [6.45, 7) is 3.71. The summed E-state index contributed by atoms with van der Waals surface area (Å²) in [5.41, 5.74) is 1.53. The van der Waals surface area contributed by atoms with E-state index >= 15 is 0 Å². The van der Waals surface area contributed by atoms with E-state index in [1.807, 2.05) is 6.92 Å². The first-order valence-corrected chi connectivity index (χ1v) is 9.75. The summed E-state index contributed by atoms with van der Waals surface area (Å²) in [7, 11) is 0.961. The highest BCUT2D eigenvalue weighted by molar-refractivity contribution is 7.89. The molecule has 0 aliphatic rings. The predicted molar refractivity (Wildman–Crippen MR) is 101 cm³/mol. The van der Waals surface area contributed by atoms with E-state index in [2.05, 4.69) is 4.72 Å². The zero-order valence-electron chi connectivity index (χ0n) is 15.7. The summed E-state index contributed by atoms with van der Waals surface area (Å²) in [4.78, 5) is 0.198. The Hall–Kier alpha value is -2.25. The number of ether oxygens (including phenoxy) is 3. The van der Waals surface area contributed by atoms with Crippen molar-refractivity contribution in [1.82, 2.24) is 4.72 Å². The summed E-state index contributed by atoms with van der Waals surface area (Å²) < 4.78 is 44.2. The first-order chi connectivity index (χ1) is 12.4. The average molecular weight is 379 g/mol. The van der Waals surface area contributed by atoms with Crippen LogP contribution in [0, 0.1) is 0 Å². The highest BCUT2D eigenvalue weighted by Crippen LogP contribution is 2.30.